The molecule has 21 heavy (non-hydrogen) atoms. The average Bonchev–Trinajstić information content (AvgIpc) is 2.90. The second-order valence-corrected chi connectivity index (χ2v) is 4.88. The van der Waals surface area contributed by atoms with Crippen molar-refractivity contribution in [3.63, 3.8) is 0 Å². The smallest absolute Gasteiger partial charge is 0.349 e. The molecular formula is C13H17NO6S. The predicted molar refractivity (Wildman–Crippen MR) is 75.7 cm³/mol. The van der Waals surface area contributed by atoms with E-state index in [9.17, 15) is 14.4 Å². The van der Waals surface area contributed by atoms with Crippen LogP contribution in [0.3, 0.4) is 0 Å². The van der Waals surface area contributed by atoms with E-state index in [0.717, 1.165) is 11.3 Å². The number of nitrogens with one attached hydrogen (secondary N) is 1. The highest BCUT2D eigenvalue weighted by Gasteiger charge is 2.14. The standard InChI is InChI=1S/C13H17NO6S/c1-2-19-11(16)4-3-6-14-10(15)8-20-9-5-7-21-12(9)13(17)18/h5,7H,2-4,6,8H2,1H3,(H,14,15)(H,17,18). The van der Waals surface area contributed by atoms with E-state index in [-0.39, 0.29) is 35.5 Å². The number of rotatable bonds is 9. The van der Waals surface area contributed by atoms with Crippen LogP contribution in [0.2, 0.25) is 0 Å². The quantitative estimate of drug-likeness (QED) is 0.526. The van der Waals surface area contributed by atoms with Crippen LogP contribution >= 0.6 is 11.3 Å². The Kier molecular flexibility index (Phi) is 7.24. The van der Waals surface area contributed by atoms with Gasteiger partial charge in [0.1, 0.15) is 5.75 Å². The first-order chi connectivity index (χ1) is 10.0. The third-order valence-corrected chi connectivity index (χ3v) is 3.25. The van der Waals surface area contributed by atoms with Crippen LogP contribution in [0.4, 0.5) is 0 Å². The molecule has 0 aromatic carbocycles. The highest BCUT2D eigenvalue weighted by Crippen LogP contribution is 2.24. The van der Waals surface area contributed by atoms with Crippen molar-refractivity contribution in [2.45, 2.75) is 19.8 Å². The summed E-state index contributed by atoms with van der Waals surface area (Å²) in [4.78, 5) is 33.5. The number of carboxylic acids is 1. The lowest BCUT2D eigenvalue weighted by molar-refractivity contribution is -0.143. The summed E-state index contributed by atoms with van der Waals surface area (Å²) in [7, 11) is 0. The largest absolute Gasteiger partial charge is 0.482 e. The van der Waals surface area contributed by atoms with Gasteiger partial charge in [0.05, 0.1) is 6.61 Å². The Balaban J connectivity index is 2.21. The molecule has 0 aliphatic heterocycles. The summed E-state index contributed by atoms with van der Waals surface area (Å²) in [5, 5.41) is 13.0. The molecule has 0 saturated carbocycles. The summed E-state index contributed by atoms with van der Waals surface area (Å²) in [6.45, 7) is 2.13. The third kappa shape index (κ3) is 6.26. The van der Waals surface area contributed by atoms with Crippen molar-refractivity contribution in [2.75, 3.05) is 19.8 Å². The zero-order valence-corrected chi connectivity index (χ0v) is 12.4. The molecule has 1 amide bonds. The minimum Gasteiger partial charge on any atom is -0.482 e. The molecule has 1 aromatic rings. The Morgan fingerprint density at radius 2 is 2.14 bits per heavy atom. The van der Waals surface area contributed by atoms with Crippen molar-refractivity contribution in [3.05, 3.63) is 16.3 Å². The number of carbonyl (C=O) groups excluding carboxylic acids is 2. The lowest BCUT2D eigenvalue weighted by atomic mass is 10.3. The number of aromatic carboxylic acids is 1. The Bertz CT molecular complexity index is 499. The first-order valence-electron chi connectivity index (χ1n) is 6.40. The predicted octanol–water partition coefficient (Wildman–Crippen LogP) is 1.28. The van der Waals surface area contributed by atoms with Gasteiger partial charge in [0.2, 0.25) is 0 Å². The fourth-order valence-corrected chi connectivity index (χ4v) is 2.13. The summed E-state index contributed by atoms with van der Waals surface area (Å²) >= 11 is 1.03. The highest BCUT2D eigenvalue weighted by molar-refractivity contribution is 7.12. The molecular weight excluding hydrogens is 298 g/mol. The Morgan fingerprint density at radius 3 is 2.81 bits per heavy atom. The fraction of sp³-hybridized carbons (Fsp3) is 0.462. The summed E-state index contributed by atoms with van der Waals surface area (Å²) in [5.41, 5.74) is 0. The van der Waals surface area contributed by atoms with Crippen molar-refractivity contribution in [3.8, 4) is 5.75 Å². The van der Waals surface area contributed by atoms with E-state index in [1.54, 1.807) is 12.3 Å². The van der Waals surface area contributed by atoms with Crippen LogP contribution in [0, 0.1) is 0 Å². The van der Waals surface area contributed by atoms with Crippen LogP contribution in [0.25, 0.3) is 0 Å². The zero-order chi connectivity index (χ0) is 15.7. The minimum atomic E-state index is -1.09. The second-order valence-electron chi connectivity index (χ2n) is 3.97. The molecule has 1 rings (SSSR count). The van der Waals surface area contributed by atoms with Gasteiger partial charge < -0.3 is 19.9 Å². The van der Waals surface area contributed by atoms with Crippen LogP contribution in [-0.4, -0.2) is 42.7 Å². The lowest BCUT2D eigenvalue weighted by Gasteiger charge is -2.07. The molecule has 7 nitrogen and oxygen atoms in total. The van der Waals surface area contributed by atoms with Crippen LogP contribution in [0.15, 0.2) is 11.4 Å². The first kappa shape index (κ1) is 17.0. The summed E-state index contributed by atoms with van der Waals surface area (Å²) in [6.07, 6.45) is 0.714. The van der Waals surface area contributed by atoms with E-state index >= 15 is 0 Å². The highest BCUT2D eigenvalue weighted by atomic mass is 32.1. The van der Waals surface area contributed by atoms with Gasteiger partial charge in [-0.15, -0.1) is 11.3 Å². The molecule has 0 spiro atoms. The Morgan fingerprint density at radius 1 is 1.38 bits per heavy atom. The van der Waals surface area contributed by atoms with Gasteiger partial charge in [0.15, 0.2) is 11.5 Å². The number of hydrogen-bond donors (Lipinski definition) is 2. The molecule has 0 radical (unpaired) electrons. The van der Waals surface area contributed by atoms with Gasteiger partial charge in [0, 0.05) is 13.0 Å². The summed E-state index contributed by atoms with van der Waals surface area (Å²) in [5.74, 6) is -1.59. The SMILES string of the molecule is CCOC(=O)CCCNC(=O)COc1ccsc1C(=O)O. The van der Waals surface area contributed by atoms with E-state index in [0.29, 0.717) is 19.6 Å². The Labute approximate surface area is 125 Å². The molecule has 0 fully saturated rings. The maximum absolute atomic E-state index is 11.5. The van der Waals surface area contributed by atoms with Gasteiger partial charge in [-0.05, 0) is 24.8 Å². The van der Waals surface area contributed by atoms with Crippen molar-refractivity contribution in [1.82, 2.24) is 5.32 Å². The second kappa shape index (κ2) is 8.96. The molecule has 1 aromatic heterocycles. The molecule has 0 bridgehead atoms. The van der Waals surface area contributed by atoms with Gasteiger partial charge >= 0.3 is 11.9 Å². The maximum atomic E-state index is 11.5. The normalized spacial score (nSPS) is 9.95. The number of carbonyl (C=O) groups is 3. The van der Waals surface area contributed by atoms with Crippen LogP contribution in [0.5, 0.6) is 5.75 Å². The van der Waals surface area contributed by atoms with Gasteiger partial charge in [-0.3, -0.25) is 9.59 Å². The van der Waals surface area contributed by atoms with Crippen molar-refractivity contribution < 1.29 is 29.0 Å². The monoisotopic (exact) mass is 315 g/mol. The van der Waals surface area contributed by atoms with Gasteiger partial charge in [0.25, 0.3) is 5.91 Å². The molecule has 0 unspecified atom stereocenters. The first-order valence-corrected chi connectivity index (χ1v) is 7.28. The summed E-state index contributed by atoms with van der Waals surface area (Å²) in [6, 6.07) is 1.50. The topological polar surface area (TPSA) is 102 Å². The lowest BCUT2D eigenvalue weighted by Crippen LogP contribution is -2.30. The number of esters is 1. The van der Waals surface area contributed by atoms with Crippen molar-refractivity contribution >= 4 is 29.2 Å². The van der Waals surface area contributed by atoms with E-state index in [1.807, 2.05) is 0 Å². The molecule has 0 aliphatic rings. The summed E-state index contributed by atoms with van der Waals surface area (Å²) < 4.78 is 9.89. The fourth-order valence-electron chi connectivity index (χ4n) is 1.46. The minimum absolute atomic E-state index is 0.0603. The average molecular weight is 315 g/mol. The van der Waals surface area contributed by atoms with E-state index in [1.165, 1.54) is 6.07 Å². The van der Waals surface area contributed by atoms with Gasteiger partial charge in [-0.2, -0.15) is 0 Å². The molecule has 0 aliphatic carbocycles. The van der Waals surface area contributed by atoms with E-state index in [4.69, 9.17) is 14.6 Å². The van der Waals surface area contributed by atoms with Crippen molar-refractivity contribution in [1.29, 1.82) is 0 Å². The number of ether oxygens (including phenoxy) is 2. The van der Waals surface area contributed by atoms with Gasteiger partial charge in [-0.1, -0.05) is 0 Å². The number of thiophene rings is 1. The molecule has 2 N–H and O–H groups in total. The van der Waals surface area contributed by atoms with Crippen LogP contribution in [-0.2, 0) is 14.3 Å². The van der Waals surface area contributed by atoms with Crippen LogP contribution in [0.1, 0.15) is 29.4 Å². The Hall–Kier alpha value is -2.09. The maximum Gasteiger partial charge on any atom is 0.349 e. The molecule has 8 heteroatoms. The number of hydrogen-bond acceptors (Lipinski definition) is 6. The number of amides is 1. The molecule has 0 atom stereocenters. The molecule has 0 saturated heterocycles. The van der Waals surface area contributed by atoms with Crippen molar-refractivity contribution in [2.24, 2.45) is 0 Å². The van der Waals surface area contributed by atoms with Crippen LogP contribution < -0.4 is 10.1 Å². The third-order valence-electron chi connectivity index (χ3n) is 2.37. The van der Waals surface area contributed by atoms with E-state index in [2.05, 4.69) is 5.32 Å². The molecule has 1 heterocycles. The zero-order valence-electron chi connectivity index (χ0n) is 11.6. The molecule has 116 valence electrons. The van der Waals surface area contributed by atoms with E-state index < -0.39 is 5.97 Å². The van der Waals surface area contributed by atoms with Gasteiger partial charge in [-0.25, -0.2) is 4.79 Å². The number of carboxylic acid groups (broad SMARTS) is 1.